The van der Waals surface area contributed by atoms with Crippen LogP contribution in [0.4, 0.5) is 5.69 Å². The van der Waals surface area contributed by atoms with Crippen LogP contribution < -0.4 is 9.62 Å². The molecular formula is C25H34ClN3O4S. The van der Waals surface area contributed by atoms with Crippen molar-refractivity contribution in [2.75, 3.05) is 23.7 Å². The molecular weight excluding hydrogens is 474 g/mol. The molecule has 0 saturated heterocycles. The van der Waals surface area contributed by atoms with Crippen LogP contribution in [-0.4, -0.2) is 50.5 Å². The second kappa shape index (κ2) is 12.8. The average Bonchev–Trinajstić information content (AvgIpc) is 2.81. The van der Waals surface area contributed by atoms with E-state index in [0.717, 1.165) is 34.5 Å². The molecule has 9 heteroatoms. The normalized spacial score (nSPS) is 12.1. The fourth-order valence-electron chi connectivity index (χ4n) is 3.58. The summed E-state index contributed by atoms with van der Waals surface area (Å²) in [5.41, 5.74) is 2.26. The summed E-state index contributed by atoms with van der Waals surface area (Å²) in [5, 5.41) is 3.42. The number of benzene rings is 2. The van der Waals surface area contributed by atoms with Gasteiger partial charge < -0.3 is 10.2 Å². The summed E-state index contributed by atoms with van der Waals surface area (Å²) in [5.74, 6) is -0.719. The number of nitrogens with zero attached hydrogens (tertiary/aromatic N) is 2. The van der Waals surface area contributed by atoms with Crippen LogP contribution in [0.25, 0.3) is 0 Å². The van der Waals surface area contributed by atoms with Crippen molar-refractivity contribution in [3.05, 3.63) is 64.7 Å². The van der Waals surface area contributed by atoms with Crippen molar-refractivity contribution in [3.63, 3.8) is 0 Å². The first kappa shape index (κ1) is 27.7. The predicted octanol–water partition coefficient (Wildman–Crippen LogP) is 4.00. The highest BCUT2D eigenvalue weighted by atomic mass is 35.5. The standard InChI is InChI=1S/C25H34ClN3O4S/c1-5-16-27-25(31)23(7-3)28(17-20-8-12-21(26)13-9-20)24(30)18-29(34(4,32)33)22-14-10-19(6-2)11-15-22/h8-15,23H,5-7,16-18H2,1-4H3,(H,27,31). The van der Waals surface area contributed by atoms with Crippen LogP contribution in [0.3, 0.4) is 0 Å². The van der Waals surface area contributed by atoms with Gasteiger partial charge in [-0.3, -0.25) is 13.9 Å². The van der Waals surface area contributed by atoms with Crippen molar-refractivity contribution in [1.82, 2.24) is 10.2 Å². The lowest BCUT2D eigenvalue weighted by Crippen LogP contribution is -2.52. The highest BCUT2D eigenvalue weighted by molar-refractivity contribution is 7.92. The Labute approximate surface area is 208 Å². The van der Waals surface area contributed by atoms with Crippen molar-refractivity contribution < 1.29 is 18.0 Å². The zero-order valence-electron chi connectivity index (χ0n) is 20.3. The number of aryl methyl sites for hydroxylation is 1. The van der Waals surface area contributed by atoms with Crippen molar-refractivity contribution in [2.45, 2.75) is 52.6 Å². The van der Waals surface area contributed by atoms with E-state index in [2.05, 4.69) is 5.32 Å². The summed E-state index contributed by atoms with van der Waals surface area (Å²) in [4.78, 5) is 27.9. The Bertz CT molecular complexity index is 1060. The zero-order valence-corrected chi connectivity index (χ0v) is 21.8. The van der Waals surface area contributed by atoms with Crippen molar-refractivity contribution in [1.29, 1.82) is 0 Å². The van der Waals surface area contributed by atoms with Gasteiger partial charge in [-0.15, -0.1) is 0 Å². The van der Waals surface area contributed by atoms with Gasteiger partial charge in [-0.05, 0) is 54.7 Å². The van der Waals surface area contributed by atoms with Crippen LogP contribution >= 0.6 is 11.6 Å². The number of anilines is 1. The van der Waals surface area contributed by atoms with E-state index in [9.17, 15) is 18.0 Å². The molecule has 0 radical (unpaired) electrons. The Balaban J connectivity index is 2.40. The molecule has 0 saturated carbocycles. The van der Waals surface area contributed by atoms with E-state index in [4.69, 9.17) is 11.6 Å². The Kier molecular flexibility index (Phi) is 10.4. The number of halogens is 1. The summed E-state index contributed by atoms with van der Waals surface area (Å²) < 4.78 is 26.3. The third-order valence-electron chi connectivity index (χ3n) is 5.51. The van der Waals surface area contributed by atoms with Gasteiger partial charge in [-0.1, -0.05) is 56.6 Å². The third kappa shape index (κ3) is 7.74. The number of hydrogen-bond donors (Lipinski definition) is 1. The van der Waals surface area contributed by atoms with Gasteiger partial charge in [0.1, 0.15) is 12.6 Å². The summed E-state index contributed by atoms with van der Waals surface area (Å²) in [6.45, 7) is 6.03. The topological polar surface area (TPSA) is 86.8 Å². The Morgan fingerprint density at radius 2 is 1.56 bits per heavy atom. The first-order chi connectivity index (χ1) is 16.1. The molecule has 1 atom stereocenters. The van der Waals surface area contributed by atoms with E-state index in [-0.39, 0.29) is 12.5 Å². The number of hydrogen-bond acceptors (Lipinski definition) is 4. The minimum atomic E-state index is -3.74. The highest BCUT2D eigenvalue weighted by Crippen LogP contribution is 2.21. The second-order valence-corrected chi connectivity index (χ2v) is 10.5. The average molecular weight is 508 g/mol. The maximum Gasteiger partial charge on any atom is 0.244 e. The maximum absolute atomic E-state index is 13.6. The van der Waals surface area contributed by atoms with Gasteiger partial charge in [-0.2, -0.15) is 0 Å². The fraction of sp³-hybridized carbons (Fsp3) is 0.440. The second-order valence-electron chi connectivity index (χ2n) is 8.15. The first-order valence-corrected chi connectivity index (χ1v) is 13.7. The monoisotopic (exact) mass is 507 g/mol. The van der Waals surface area contributed by atoms with Crippen LogP contribution in [0.15, 0.2) is 48.5 Å². The molecule has 2 amide bonds. The third-order valence-corrected chi connectivity index (χ3v) is 6.91. The minimum absolute atomic E-state index is 0.153. The number of rotatable bonds is 12. The Morgan fingerprint density at radius 1 is 0.971 bits per heavy atom. The molecule has 0 aliphatic heterocycles. The molecule has 0 heterocycles. The molecule has 0 aliphatic carbocycles. The van der Waals surface area contributed by atoms with Gasteiger partial charge in [-0.25, -0.2) is 8.42 Å². The Hall–Kier alpha value is -2.58. The van der Waals surface area contributed by atoms with Crippen molar-refractivity contribution in [2.24, 2.45) is 0 Å². The van der Waals surface area contributed by atoms with Crippen LogP contribution in [0.5, 0.6) is 0 Å². The summed E-state index contributed by atoms with van der Waals surface area (Å²) in [6, 6.07) is 13.4. The lowest BCUT2D eigenvalue weighted by atomic mass is 10.1. The molecule has 0 spiro atoms. The number of carbonyl (C=O) groups excluding carboxylic acids is 2. The lowest BCUT2D eigenvalue weighted by molar-refractivity contribution is -0.140. The minimum Gasteiger partial charge on any atom is -0.354 e. The fourth-order valence-corrected chi connectivity index (χ4v) is 4.56. The molecule has 186 valence electrons. The summed E-state index contributed by atoms with van der Waals surface area (Å²) in [7, 11) is -3.74. The SMILES string of the molecule is CCCNC(=O)C(CC)N(Cc1ccc(Cl)cc1)C(=O)CN(c1ccc(CC)cc1)S(C)(=O)=O. The smallest absolute Gasteiger partial charge is 0.244 e. The molecule has 2 aromatic rings. The van der Waals surface area contributed by atoms with Crippen LogP contribution in [0.1, 0.15) is 44.7 Å². The quantitative estimate of drug-likeness (QED) is 0.470. The van der Waals surface area contributed by atoms with E-state index >= 15 is 0 Å². The first-order valence-electron chi connectivity index (χ1n) is 11.5. The van der Waals surface area contributed by atoms with E-state index in [0.29, 0.717) is 23.7 Å². The molecule has 7 nitrogen and oxygen atoms in total. The van der Waals surface area contributed by atoms with Gasteiger partial charge >= 0.3 is 0 Å². The van der Waals surface area contributed by atoms with E-state index in [1.807, 2.05) is 32.9 Å². The van der Waals surface area contributed by atoms with E-state index in [1.54, 1.807) is 36.4 Å². The lowest BCUT2D eigenvalue weighted by Gasteiger charge is -2.33. The molecule has 2 aromatic carbocycles. The van der Waals surface area contributed by atoms with Crippen LogP contribution in [0, 0.1) is 0 Å². The number of amides is 2. The number of nitrogens with one attached hydrogen (secondary N) is 1. The number of sulfonamides is 1. The van der Waals surface area contributed by atoms with Crippen LogP contribution in [0.2, 0.25) is 5.02 Å². The van der Waals surface area contributed by atoms with Gasteiger partial charge in [0.2, 0.25) is 21.8 Å². The predicted molar refractivity (Wildman–Crippen MR) is 137 cm³/mol. The highest BCUT2D eigenvalue weighted by Gasteiger charge is 2.31. The molecule has 34 heavy (non-hydrogen) atoms. The van der Waals surface area contributed by atoms with E-state index in [1.165, 1.54) is 4.90 Å². The molecule has 1 unspecified atom stereocenters. The van der Waals surface area contributed by atoms with Gasteiger partial charge in [0, 0.05) is 18.1 Å². The molecule has 0 fully saturated rings. The molecule has 0 aliphatic rings. The summed E-state index contributed by atoms with van der Waals surface area (Å²) >= 11 is 6.00. The molecule has 0 bridgehead atoms. The van der Waals surface area contributed by atoms with Gasteiger partial charge in [0.05, 0.1) is 11.9 Å². The van der Waals surface area contributed by atoms with Gasteiger partial charge in [0.15, 0.2) is 0 Å². The molecule has 0 aromatic heterocycles. The van der Waals surface area contributed by atoms with Gasteiger partial charge in [0.25, 0.3) is 0 Å². The molecule has 1 N–H and O–H groups in total. The Morgan fingerprint density at radius 3 is 2.06 bits per heavy atom. The van der Waals surface area contributed by atoms with Crippen molar-refractivity contribution >= 4 is 39.1 Å². The molecule has 2 rings (SSSR count). The number of carbonyl (C=O) groups is 2. The van der Waals surface area contributed by atoms with Crippen LogP contribution in [-0.2, 0) is 32.6 Å². The summed E-state index contributed by atoms with van der Waals surface area (Å²) in [6.07, 6.45) is 3.04. The largest absolute Gasteiger partial charge is 0.354 e. The maximum atomic E-state index is 13.6. The zero-order chi connectivity index (χ0) is 25.3. The van der Waals surface area contributed by atoms with Crippen molar-refractivity contribution in [3.8, 4) is 0 Å². The van der Waals surface area contributed by atoms with E-state index < -0.39 is 28.5 Å².